The first-order chi connectivity index (χ1) is 6.99. The van der Waals surface area contributed by atoms with Crippen LogP contribution in [0.5, 0.6) is 0 Å². The van der Waals surface area contributed by atoms with E-state index in [0.29, 0.717) is 0 Å². The number of nitrogens with two attached hydrogens (primary N) is 1. The number of carboxylic acid groups (broad SMARTS) is 1. The van der Waals surface area contributed by atoms with Crippen molar-refractivity contribution in [3.8, 4) is 0 Å². The van der Waals surface area contributed by atoms with Gasteiger partial charge in [0.15, 0.2) is 5.69 Å². The normalized spacial score (nSPS) is 10.7. The summed E-state index contributed by atoms with van der Waals surface area (Å²) >= 11 is 5.50. The van der Waals surface area contributed by atoms with E-state index in [4.69, 9.17) is 22.4 Å². The van der Waals surface area contributed by atoms with Crippen molar-refractivity contribution in [2.45, 2.75) is 13.0 Å². The van der Waals surface area contributed by atoms with Crippen molar-refractivity contribution in [2.75, 3.05) is 0 Å². The molecule has 1 rings (SSSR count). The van der Waals surface area contributed by atoms with Gasteiger partial charge in [-0.2, -0.15) is 0 Å². The maximum absolute atomic E-state index is 12.6. The number of aromatic nitrogens is 1. The number of alkyl halides is 2. The summed E-state index contributed by atoms with van der Waals surface area (Å²) < 4.78 is 25.1. The van der Waals surface area contributed by atoms with E-state index in [0.717, 1.165) is 6.20 Å². The number of aromatic carboxylic acids is 1. The first-order valence-electron chi connectivity index (χ1n) is 3.87. The van der Waals surface area contributed by atoms with Crippen molar-refractivity contribution in [1.29, 1.82) is 0 Å². The summed E-state index contributed by atoms with van der Waals surface area (Å²) in [6.45, 7) is -0.174. The highest BCUT2D eigenvalue weighted by Crippen LogP contribution is 2.31. The van der Waals surface area contributed by atoms with Gasteiger partial charge in [0.1, 0.15) is 0 Å². The van der Waals surface area contributed by atoms with Gasteiger partial charge in [-0.05, 0) is 5.56 Å². The molecule has 1 heterocycles. The molecule has 0 aliphatic heterocycles. The summed E-state index contributed by atoms with van der Waals surface area (Å²) in [4.78, 5) is 14.0. The van der Waals surface area contributed by atoms with Gasteiger partial charge < -0.3 is 10.8 Å². The van der Waals surface area contributed by atoms with Gasteiger partial charge in [0.05, 0.1) is 5.02 Å². The first-order valence-corrected chi connectivity index (χ1v) is 4.25. The maximum atomic E-state index is 12.6. The average Bonchev–Trinajstić information content (AvgIpc) is 2.15. The van der Waals surface area contributed by atoms with E-state index in [2.05, 4.69) is 4.98 Å². The molecule has 15 heavy (non-hydrogen) atoms. The molecule has 1 aromatic heterocycles. The topological polar surface area (TPSA) is 76.2 Å². The summed E-state index contributed by atoms with van der Waals surface area (Å²) in [7, 11) is 0. The lowest BCUT2D eigenvalue weighted by Crippen LogP contribution is -2.09. The zero-order valence-corrected chi connectivity index (χ0v) is 8.13. The summed E-state index contributed by atoms with van der Waals surface area (Å²) in [5.41, 5.74) is 4.09. The minimum atomic E-state index is -2.88. The molecule has 0 fully saturated rings. The molecule has 0 aliphatic carbocycles. The fourth-order valence-corrected chi connectivity index (χ4v) is 1.42. The minimum Gasteiger partial charge on any atom is -0.476 e. The Morgan fingerprint density at radius 3 is 2.67 bits per heavy atom. The largest absolute Gasteiger partial charge is 0.476 e. The fraction of sp³-hybridized carbons (Fsp3) is 0.250. The molecule has 3 N–H and O–H groups in total. The van der Waals surface area contributed by atoms with Crippen LogP contribution in [0.2, 0.25) is 5.02 Å². The molecular formula is C8H7ClF2N2O2. The Hall–Kier alpha value is -1.27. The first kappa shape index (κ1) is 11.8. The van der Waals surface area contributed by atoms with Gasteiger partial charge in [0.25, 0.3) is 6.43 Å². The zero-order chi connectivity index (χ0) is 11.6. The third-order valence-electron chi connectivity index (χ3n) is 1.78. The number of carboxylic acids is 1. The van der Waals surface area contributed by atoms with E-state index in [1.54, 1.807) is 0 Å². The van der Waals surface area contributed by atoms with Gasteiger partial charge in [-0.3, -0.25) is 0 Å². The molecule has 0 spiro atoms. The molecule has 4 nitrogen and oxygen atoms in total. The van der Waals surface area contributed by atoms with Crippen LogP contribution in [-0.4, -0.2) is 16.1 Å². The van der Waals surface area contributed by atoms with Crippen LogP contribution in [0.25, 0.3) is 0 Å². The Morgan fingerprint density at radius 1 is 1.67 bits per heavy atom. The molecule has 0 bridgehead atoms. The molecule has 0 aliphatic rings. The van der Waals surface area contributed by atoms with E-state index < -0.39 is 28.7 Å². The lowest BCUT2D eigenvalue weighted by Gasteiger charge is -2.10. The lowest BCUT2D eigenvalue weighted by atomic mass is 10.1. The second kappa shape index (κ2) is 4.50. The van der Waals surface area contributed by atoms with Crippen LogP contribution in [0.3, 0.4) is 0 Å². The highest BCUT2D eigenvalue weighted by atomic mass is 35.5. The Labute approximate surface area is 88.7 Å². The number of rotatable bonds is 3. The number of pyridine rings is 1. The Bertz CT molecular complexity index is 398. The van der Waals surface area contributed by atoms with Gasteiger partial charge in [0.2, 0.25) is 0 Å². The zero-order valence-electron chi connectivity index (χ0n) is 7.38. The van der Waals surface area contributed by atoms with Crippen LogP contribution in [0.4, 0.5) is 8.78 Å². The third-order valence-corrected chi connectivity index (χ3v) is 2.16. The smallest absolute Gasteiger partial charge is 0.356 e. The molecule has 0 radical (unpaired) electrons. The van der Waals surface area contributed by atoms with E-state index in [1.165, 1.54) is 0 Å². The highest BCUT2D eigenvalue weighted by Gasteiger charge is 2.22. The molecule has 0 aromatic carbocycles. The van der Waals surface area contributed by atoms with E-state index in [-0.39, 0.29) is 12.1 Å². The second-order valence-corrected chi connectivity index (χ2v) is 3.05. The average molecular weight is 237 g/mol. The fourth-order valence-electron chi connectivity index (χ4n) is 1.08. The number of hydrogen-bond acceptors (Lipinski definition) is 3. The molecule has 0 saturated carbocycles. The van der Waals surface area contributed by atoms with Crippen LogP contribution < -0.4 is 5.73 Å². The SMILES string of the molecule is NCc1cnc(C(=O)O)c(Cl)c1C(F)F. The third kappa shape index (κ3) is 2.21. The Kier molecular flexibility index (Phi) is 3.54. The maximum Gasteiger partial charge on any atom is 0.356 e. The van der Waals surface area contributed by atoms with Crippen molar-refractivity contribution < 1.29 is 18.7 Å². The summed E-state index contributed by atoms with van der Waals surface area (Å²) in [5.74, 6) is -1.45. The van der Waals surface area contributed by atoms with Crippen molar-refractivity contribution >= 4 is 17.6 Å². The monoisotopic (exact) mass is 236 g/mol. The molecular weight excluding hydrogens is 230 g/mol. The molecule has 0 atom stereocenters. The van der Waals surface area contributed by atoms with Crippen molar-refractivity contribution in [1.82, 2.24) is 4.98 Å². The molecule has 7 heteroatoms. The lowest BCUT2D eigenvalue weighted by molar-refractivity contribution is 0.0690. The van der Waals surface area contributed by atoms with Crippen LogP contribution in [0.15, 0.2) is 6.20 Å². The quantitative estimate of drug-likeness (QED) is 0.839. The molecule has 1 aromatic rings. The van der Waals surface area contributed by atoms with Crippen molar-refractivity contribution in [3.63, 3.8) is 0 Å². The molecule has 0 unspecified atom stereocenters. The predicted molar refractivity (Wildman–Crippen MR) is 49.1 cm³/mol. The minimum absolute atomic E-state index is 0.0417. The summed E-state index contributed by atoms with van der Waals surface area (Å²) in [6.07, 6.45) is -1.88. The Balaban J connectivity index is 3.42. The van der Waals surface area contributed by atoms with Gasteiger partial charge >= 0.3 is 5.97 Å². The number of hydrogen-bond donors (Lipinski definition) is 2. The van der Waals surface area contributed by atoms with E-state index in [1.807, 2.05) is 0 Å². The van der Waals surface area contributed by atoms with E-state index >= 15 is 0 Å². The van der Waals surface area contributed by atoms with Gasteiger partial charge in [0, 0.05) is 18.3 Å². The standard InChI is InChI=1S/C8H7ClF2N2O2/c9-5-4(7(10)11)3(1-12)2-13-6(5)8(14)15/h2,7H,1,12H2,(H,14,15). The molecule has 0 amide bonds. The summed E-state index contributed by atoms with van der Waals surface area (Å²) in [5, 5.41) is 8.06. The van der Waals surface area contributed by atoms with Gasteiger partial charge in [-0.15, -0.1) is 0 Å². The van der Waals surface area contributed by atoms with Gasteiger partial charge in [-0.1, -0.05) is 11.6 Å². The molecule has 0 saturated heterocycles. The van der Waals surface area contributed by atoms with Crippen LogP contribution in [-0.2, 0) is 6.54 Å². The van der Waals surface area contributed by atoms with E-state index in [9.17, 15) is 13.6 Å². The van der Waals surface area contributed by atoms with Crippen LogP contribution in [0, 0.1) is 0 Å². The number of nitrogens with zero attached hydrogens (tertiary/aromatic N) is 1. The molecule has 82 valence electrons. The van der Waals surface area contributed by atoms with Crippen LogP contribution >= 0.6 is 11.6 Å². The van der Waals surface area contributed by atoms with Crippen molar-refractivity contribution in [3.05, 3.63) is 28.0 Å². The number of halogens is 3. The number of carbonyl (C=O) groups is 1. The summed E-state index contributed by atoms with van der Waals surface area (Å²) in [6, 6.07) is 0. The van der Waals surface area contributed by atoms with Crippen LogP contribution in [0.1, 0.15) is 28.0 Å². The highest BCUT2D eigenvalue weighted by molar-refractivity contribution is 6.34. The van der Waals surface area contributed by atoms with Crippen molar-refractivity contribution in [2.24, 2.45) is 5.73 Å². The predicted octanol–water partition coefficient (Wildman–Crippen LogP) is 1.83. The van der Waals surface area contributed by atoms with Gasteiger partial charge in [-0.25, -0.2) is 18.6 Å². The Morgan fingerprint density at radius 2 is 2.27 bits per heavy atom. The second-order valence-electron chi connectivity index (χ2n) is 2.67.